The second-order valence-corrected chi connectivity index (χ2v) is 6.06. The molecule has 0 spiro atoms. The molecule has 1 aliphatic heterocycles. The first-order chi connectivity index (χ1) is 9.15. The van der Waals surface area contributed by atoms with E-state index in [1.54, 1.807) is 0 Å². The molecule has 1 aliphatic rings. The van der Waals surface area contributed by atoms with Gasteiger partial charge in [0, 0.05) is 23.5 Å². The SMILES string of the molecule is CC(N)Cc1cc(OCCC2CCCO2)ccc1Br. The Labute approximate surface area is 123 Å². The molecule has 2 unspecified atom stereocenters. The van der Waals surface area contributed by atoms with Gasteiger partial charge in [0.2, 0.25) is 0 Å². The van der Waals surface area contributed by atoms with E-state index in [0.29, 0.717) is 12.7 Å². The van der Waals surface area contributed by atoms with Gasteiger partial charge in [-0.3, -0.25) is 0 Å². The summed E-state index contributed by atoms with van der Waals surface area (Å²) in [6, 6.07) is 6.24. The number of halogens is 1. The fourth-order valence-corrected chi connectivity index (χ4v) is 2.73. The summed E-state index contributed by atoms with van der Waals surface area (Å²) in [4.78, 5) is 0. The van der Waals surface area contributed by atoms with Crippen molar-refractivity contribution in [2.45, 2.75) is 44.8 Å². The first-order valence-corrected chi connectivity index (χ1v) is 7.73. The third kappa shape index (κ3) is 4.79. The van der Waals surface area contributed by atoms with Crippen LogP contribution < -0.4 is 10.5 Å². The first-order valence-electron chi connectivity index (χ1n) is 6.93. The molecule has 1 heterocycles. The van der Waals surface area contributed by atoms with Crippen molar-refractivity contribution in [1.29, 1.82) is 0 Å². The van der Waals surface area contributed by atoms with Gasteiger partial charge in [0.25, 0.3) is 0 Å². The van der Waals surface area contributed by atoms with E-state index < -0.39 is 0 Å². The van der Waals surface area contributed by atoms with E-state index in [-0.39, 0.29) is 6.04 Å². The molecule has 0 saturated carbocycles. The molecular formula is C15H22BrNO2. The molecule has 2 atom stereocenters. The molecule has 3 nitrogen and oxygen atoms in total. The van der Waals surface area contributed by atoms with Gasteiger partial charge in [-0.1, -0.05) is 15.9 Å². The summed E-state index contributed by atoms with van der Waals surface area (Å²) in [7, 11) is 0. The molecule has 0 bridgehead atoms. The zero-order chi connectivity index (χ0) is 13.7. The van der Waals surface area contributed by atoms with Crippen molar-refractivity contribution >= 4 is 15.9 Å². The van der Waals surface area contributed by atoms with Crippen molar-refractivity contribution in [3.05, 3.63) is 28.2 Å². The first kappa shape index (κ1) is 14.8. The molecule has 2 N–H and O–H groups in total. The summed E-state index contributed by atoms with van der Waals surface area (Å²) in [5.74, 6) is 0.914. The number of ether oxygens (including phenoxy) is 2. The van der Waals surface area contributed by atoms with Crippen LogP contribution in [0.15, 0.2) is 22.7 Å². The zero-order valence-corrected chi connectivity index (χ0v) is 13.0. The van der Waals surface area contributed by atoms with Crippen LogP contribution in [0.3, 0.4) is 0 Å². The van der Waals surface area contributed by atoms with Crippen LogP contribution in [-0.4, -0.2) is 25.4 Å². The average molecular weight is 328 g/mol. The lowest BCUT2D eigenvalue weighted by Gasteiger charge is -2.13. The molecule has 1 aromatic carbocycles. The van der Waals surface area contributed by atoms with Crippen molar-refractivity contribution in [3.63, 3.8) is 0 Å². The molecule has 1 aromatic rings. The number of hydrogen-bond donors (Lipinski definition) is 1. The molecule has 0 aromatic heterocycles. The average Bonchev–Trinajstić information content (AvgIpc) is 2.86. The lowest BCUT2D eigenvalue weighted by Crippen LogP contribution is -2.18. The van der Waals surface area contributed by atoms with Crippen molar-refractivity contribution in [3.8, 4) is 5.75 Å². The summed E-state index contributed by atoms with van der Waals surface area (Å²) in [6.45, 7) is 3.63. The molecule has 1 fully saturated rings. The minimum Gasteiger partial charge on any atom is -0.493 e. The van der Waals surface area contributed by atoms with Crippen LogP contribution in [-0.2, 0) is 11.2 Å². The Morgan fingerprint density at radius 1 is 1.53 bits per heavy atom. The van der Waals surface area contributed by atoms with Gasteiger partial charge in [0.05, 0.1) is 12.7 Å². The summed E-state index contributed by atoms with van der Waals surface area (Å²) in [6.07, 6.45) is 4.56. The molecule has 0 radical (unpaired) electrons. The Bertz CT molecular complexity index is 403. The van der Waals surface area contributed by atoms with Crippen LogP contribution in [0.2, 0.25) is 0 Å². The second-order valence-electron chi connectivity index (χ2n) is 5.21. The topological polar surface area (TPSA) is 44.5 Å². The Hall–Kier alpha value is -0.580. The molecular weight excluding hydrogens is 306 g/mol. The van der Waals surface area contributed by atoms with Gasteiger partial charge in [-0.2, -0.15) is 0 Å². The van der Waals surface area contributed by atoms with Gasteiger partial charge in [-0.25, -0.2) is 0 Å². The van der Waals surface area contributed by atoms with Crippen LogP contribution >= 0.6 is 15.9 Å². The predicted molar refractivity (Wildman–Crippen MR) is 80.6 cm³/mol. The highest BCUT2D eigenvalue weighted by Crippen LogP contribution is 2.24. The van der Waals surface area contributed by atoms with Crippen molar-refractivity contribution in [2.75, 3.05) is 13.2 Å². The van der Waals surface area contributed by atoms with Crippen molar-refractivity contribution in [2.24, 2.45) is 5.73 Å². The Morgan fingerprint density at radius 3 is 3.05 bits per heavy atom. The zero-order valence-electron chi connectivity index (χ0n) is 11.4. The number of rotatable bonds is 6. The maximum Gasteiger partial charge on any atom is 0.119 e. The van der Waals surface area contributed by atoms with Crippen LogP contribution in [0.1, 0.15) is 31.7 Å². The highest BCUT2D eigenvalue weighted by atomic mass is 79.9. The van der Waals surface area contributed by atoms with E-state index in [4.69, 9.17) is 15.2 Å². The van der Waals surface area contributed by atoms with E-state index in [1.165, 1.54) is 18.4 Å². The molecule has 0 aliphatic carbocycles. The highest BCUT2D eigenvalue weighted by molar-refractivity contribution is 9.10. The number of nitrogens with two attached hydrogens (primary N) is 1. The van der Waals surface area contributed by atoms with Crippen LogP contribution in [0.4, 0.5) is 0 Å². The Kier molecular flexibility index (Phi) is 5.67. The quantitative estimate of drug-likeness (QED) is 0.871. The lowest BCUT2D eigenvalue weighted by atomic mass is 10.1. The second kappa shape index (κ2) is 7.27. The maximum absolute atomic E-state index is 5.85. The minimum absolute atomic E-state index is 0.151. The monoisotopic (exact) mass is 327 g/mol. The fourth-order valence-electron chi connectivity index (χ4n) is 2.32. The standard InChI is InChI=1S/C15H22BrNO2/c1-11(17)9-12-10-14(4-5-15(12)16)19-8-6-13-3-2-7-18-13/h4-5,10-11,13H,2-3,6-9,17H2,1H3. The van der Waals surface area contributed by atoms with Crippen molar-refractivity contribution < 1.29 is 9.47 Å². The van der Waals surface area contributed by atoms with Crippen molar-refractivity contribution in [1.82, 2.24) is 0 Å². The van der Waals surface area contributed by atoms with E-state index in [1.807, 2.05) is 19.1 Å². The Morgan fingerprint density at radius 2 is 2.37 bits per heavy atom. The van der Waals surface area contributed by atoms with E-state index in [2.05, 4.69) is 22.0 Å². The summed E-state index contributed by atoms with van der Waals surface area (Å²) in [5.41, 5.74) is 7.05. The summed E-state index contributed by atoms with van der Waals surface area (Å²) in [5, 5.41) is 0. The largest absolute Gasteiger partial charge is 0.493 e. The molecule has 106 valence electrons. The smallest absolute Gasteiger partial charge is 0.119 e. The van der Waals surface area contributed by atoms with E-state index in [9.17, 15) is 0 Å². The molecule has 1 saturated heterocycles. The van der Waals surface area contributed by atoms with Crippen LogP contribution in [0.5, 0.6) is 5.75 Å². The van der Waals surface area contributed by atoms with Crippen LogP contribution in [0.25, 0.3) is 0 Å². The summed E-state index contributed by atoms with van der Waals surface area (Å²) < 4.78 is 12.5. The third-order valence-corrected chi connectivity index (χ3v) is 4.07. The van der Waals surface area contributed by atoms with Gasteiger partial charge in [-0.15, -0.1) is 0 Å². The predicted octanol–water partition coefficient (Wildman–Crippen LogP) is 3.29. The third-order valence-electron chi connectivity index (χ3n) is 3.29. The van der Waals surface area contributed by atoms with Gasteiger partial charge in [-0.05, 0) is 49.9 Å². The van der Waals surface area contributed by atoms with Gasteiger partial charge in [0.1, 0.15) is 5.75 Å². The lowest BCUT2D eigenvalue weighted by molar-refractivity contribution is 0.0903. The Balaban J connectivity index is 1.85. The minimum atomic E-state index is 0.151. The maximum atomic E-state index is 5.85. The normalized spacial score (nSPS) is 20.5. The van der Waals surface area contributed by atoms with E-state index in [0.717, 1.165) is 29.7 Å². The number of benzene rings is 1. The summed E-state index contributed by atoms with van der Waals surface area (Å²) >= 11 is 3.55. The number of hydrogen-bond acceptors (Lipinski definition) is 3. The molecule has 0 amide bonds. The highest BCUT2D eigenvalue weighted by Gasteiger charge is 2.15. The van der Waals surface area contributed by atoms with Crippen LogP contribution in [0, 0.1) is 0 Å². The van der Waals surface area contributed by atoms with Gasteiger partial charge < -0.3 is 15.2 Å². The molecule has 2 rings (SSSR count). The molecule has 4 heteroatoms. The van der Waals surface area contributed by atoms with Gasteiger partial charge >= 0.3 is 0 Å². The van der Waals surface area contributed by atoms with E-state index >= 15 is 0 Å². The fraction of sp³-hybridized carbons (Fsp3) is 0.600. The van der Waals surface area contributed by atoms with Gasteiger partial charge in [0.15, 0.2) is 0 Å². The molecule has 19 heavy (non-hydrogen) atoms.